The van der Waals surface area contributed by atoms with Gasteiger partial charge in [0.1, 0.15) is 18.1 Å². The van der Waals surface area contributed by atoms with Gasteiger partial charge in [-0.05, 0) is 47.5 Å². The SMILES string of the molecule is O=C(NC(c1ccc(NC(=O)C(F)(F)F)cc1)P(=O)(Oc1ccccc1)Oc1ccccc1)OCc1ccccc1. The summed E-state index contributed by atoms with van der Waals surface area (Å²) in [5, 5.41) is 4.27. The number of carbonyl (C=O) groups is 2. The minimum absolute atomic E-state index is 0.0921. The summed E-state index contributed by atoms with van der Waals surface area (Å²) >= 11 is 0. The van der Waals surface area contributed by atoms with Gasteiger partial charge in [-0.1, -0.05) is 78.9 Å². The van der Waals surface area contributed by atoms with Crippen LogP contribution in [0.15, 0.2) is 115 Å². The Balaban J connectivity index is 1.68. The van der Waals surface area contributed by atoms with E-state index in [0.717, 1.165) is 0 Å². The van der Waals surface area contributed by atoms with Gasteiger partial charge in [0.2, 0.25) is 0 Å². The van der Waals surface area contributed by atoms with Gasteiger partial charge >= 0.3 is 25.8 Å². The summed E-state index contributed by atoms with van der Waals surface area (Å²) < 4.78 is 69.7. The van der Waals surface area contributed by atoms with Gasteiger partial charge in [-0.25, -0.2) is 9.36 Å². The predicted octanol–water partition coefficient (Wildman–Crippen LogP) is 7.46. The zero-order valence-electron chi connectivity index (χ0n) is 21.3. The van der Waals surface area contributed by atoms with Crippen LogP contribution in [-0.4, -0.2) is 18.2 Å². The van der Waals surface area contributed by atoms with Gasteiger partial charge in [0.05, 0.1) is 0 Å². The number of rotatable bonds is 10. The fourth-order valence-corrected chi connectivity index (χ4v) is 5.43. The highest BCUT2D eigenvalue weighted by Crippen LogP contribution is 2.59. The van der Waals surface area contributed by atoms with Crippen molar-refractivity contribution in [2.24, 2.45) is 0 Å². The number of para-hydroxylation sites is 2. The molecule has 0 aromatic heterocycles. The third kappa shape index (κ3) is 8.36. The fraction of sp³-hybridized carbons (Fsp3) is 0.103. The molecular formula is C29H24F3N2O6P. The van der Waals surface area contributed by atoms with Crippen LogP contribution in [0.2, 0.25) is 0 Å². The molecular weight excluding hydrogens is 560 g/mol. The Bertz CT molecular complexity index is 1440. The minimum Gasteiger partial charge on any atom is -0.445 e. The zero-order chi connectivity index (χ0) is 29.3. The standard InChI is InChI=1S/C29H24F3N2O6P/c30-29(31,32)27(35)33-23-18-16-22(17-19-23)26(34-28(36)38-20-21-10-4-1-5-11-21)41(37,39-24-12-6-2-7-13-24)40-25-14-8-3-9-15-25/h1-19,26H,20H2,(H,33,35)(H,34,36). The molecule has 4 rings (SSSR count). The molecule has 0 heterocycles. The number of amides is 2. The Morgan fingerprint density at radius 2 is 1.22 bits per heavy atom. The largest absolute Gasteiger partial charge is 0.471 e. The summed E-state index contributed by atoms with van der Waals surface area (Å²) in [6, 6.07) is 30.0. The molecule has 1 unspecified atom stereocenters. The van der Waals surface area contributed by atoms with Crippen molar-refractivity contribution in [3.63, 3.8) is 0 Å². The van der Waals surface area contributed by atoms with Crippen LogP contribution in [0.3, 0.4) is 0 Å². The number of carbonyl (C=O) groups excluding carboxylic acids is 2. The fourth-order valence-electron chi connectivity index (χ4n) is 3.55. The van der Waals surface area contributed by atoms with E-state index in [-0.39, 0.29) is 29.4 Å². The van der Waals surface area contributed by atoms with Gasteiger partial charge in [0, 0.05) is 5.69 Å². The van der Waals surface area contributed by atoms with Gasteiger partial charge in [-0.15, -0.1) is 0 Å². The van der Waals surface area contributed by atoms with E-state index in [9.17, 15) is 27.3 Å². The second-order valence-electron chi connectivity index (χ2n) is 8.53. The van der Waals surface area contributed by atoms with Crippen LogP contribution in [-0.2, 0) is 20.7 Å². The molecule has 0 spiro atoms. The molecule has 2 amide bonds. The number of hydrogen-bond acceptors (Lipinski definition) is 6. The first-order valence-corrected chi connectivity index (χ1v) is 13.8. The van der Waals surface area contributed by atoms with Crippen molar-refractivity contribution in [3.05, 3.63) is 126 Å². The zero-order valence-corrected chi connectivity index (χ0v) is 22.2. The normalized spacial score (nSPS) is 12.1. The van der Waals surface area contributed by atoms with Crippen LogP contribution >= 0.6 is 7.60 Å². The summed E-state index contributed by atoms with van der Waals surface area (Å²) in [7, 11) is -4.39. The Morgan fingerprint density at radius 1 is 0.732 bits per heavy atom. The molecule has 2 N–H and O–H groups in total. The number of anilines is 1. The second-order valence-corrected chi connectivity index (χ2v) is 10.5. The first-order valence-electron chi connectivity index (χ1n) is 12.2. The van der Waals surface area contributed by atoms with Crippen LogP contribution < -0.4 is 19.7 Å². The van der Waals surface area contributed by atoms with Gasteiger partial charge < -0.3 is 24.4 Å². The maximum absolute atomic E-state index is 14.5. The van der Waals surface area contributed by atoms with Crippen LogP contribution in [0.25, 0.3) is 0 Å². The molecule has 12 heteroatoms. The average molecular weight is 584 g/mol. The number of nitrogens with one attached hydrogen (secondary N) is 2. The molecule has 0 radical (unpaired) electrons. The van der Waals surface area contributed by atoms with Crippen LogP contribution in [0, 0.1) is 0 Å². The van der Waals surface area contributed by atoms with Crippen LogP contribution in [0.5, 0.6) is 11.5 Å². The molecule has 0 aliphatic carbocycles. The van der Waals surface area contributed by atoms with Crippen LogP contribution in [0.4, 0.5) is 23.7 Å². The van der Waals surface area contributed by atoms with E-state index >= 15 is 0 Å². The van der Waals surface area contributed by atoms with Gasteiger partial charge in [0.25, 0.3) is 0 Å². The lowest BCUT2D eigenvalue weighted by Crippen LogP contribution is -2.32. The molecule has 0 aliphatic rings. The Hall–Kier alpha value is -4.76. The molecule has 1 atom stereocenters. The number of alkyl carbamates (subject to hydrolysis) is 1. The first-order chi connectivity index (χ1) is 19.6. The highest BCUT2D eigenvalue weighted by atomic mass is 31.2. The van der Waals surface area contributed by atoms with E-state index in [2.05, 4.69) is 5.32 Å². The average Bonchev–Trinajstić information content (AvgIpc) is 2.96. The van der Waals surface area contributed by atoms with Crippen molar-refractivity contribution >= 4 is 25.3 Å². The summed E-state index contributed by atoms with van der Waals surface area (Å²) in [5.74, 6) is -3.30. The number of benzene rings is 4. The quantitative estimate of drug-likeness (QED) is 0.188. The van der Waals surface area contributed by atoms with Crippen molar-refractivity contribution in [3.8, 4) is 11.5 Å². The summed E-state index contributed by atoms with van der Waals surface area (Å²) in [6.07, 6.45) is -6.05. The summed E-state index contributed by atoms with van der Waals surface area (Å²) in [5.41, 5.74) is 0.666. The van der Waals surface area contributed by atoms with E-state index in [1.54, 1.807) is 96.3 Å². The molecule has 41 heavy (non-hydrogen) atoms. The maximum Gasteiger partial charge on any atom is 0.471 e. The smallest absolute Gasteiger partial charge is 0.445 e. The molecule has 0 aliphatic heterocycles. The number of hydrogen-bond donors (Lipinski definition) is 2. The van der Waals surface area contributed by atoms with Crippen molar-refractivity contribution in [2.45, 2.75) is 18.6 Å². The van der Waals surface area contributed by atoms with E-state index in [0.29, 0.717) is 5.56 Å². The van der Waals surface area contributed by atoms with Crippen molar-refractivity contribution in [1.82, 2.24) is 5.32 Å². The third-order valence-corrected chi connectivity index (χ3v) is 7.47. The lowest BCUT2D eigenvalue weighted by atomic mass is 10.2. The number of ether oxygens (including phenoxy) is 1. The number of alkyl halides is 3. The Labute approximate surface area is 233 Å². The molecule has 0 fully saturated rings. The van der Waals surface area contributed by atoms with Crippen LogP contribution in [0.1, 0.15) is 16.9 Å². The highest BCUT2D eigenvalue weighted by Gasteiger charge is 2.43. The number of halogens is 3. The lowest BCUT2D eigenvalue weighted by Gasteiger charge is -2.28. The maximum atomic E-state index is 14.5. The molecule has 212 valence electrons. The van der Waals surface area contributed by atoms with Gasteiger partial charge in [-0.2, -0.15) is 13.2 Å². The first kappa shape index (κ1) is 29.2. The molecule has 0 saturated heterocycles. The topological polar surface area (TPSA) is 103 Å². The Kier molecular flexibility index (Phi) is 9.31. The van der Waals surface area contributed by atoms with Crippen molar-refractivity contribution in [1.29, 1.82) is 0 Å². The van der Waals surface area contributed by atoms with E-state index in [4.69, 9.17) is 13.8 Å². The van der Waals surface area contributed by atoms with Crippen molar-refractivity contribution < 1.29 is 41.1 Å². The lowest BCUT2D eigenvalue weighted by molar-refractivity contribution is -0.167. The molecule has 4 aromatic rings. The highest BCUT2D eigenvalue weighted by molar-refractivity contribution is 7.55. The van der Waals surface area contributed by atoms with E-state index in [1.165, 1.54) is 24.3 Å². The molecule has 0 bridgehead atoms. The predicted molar refractivity (Wildman–Crippen MR) is 145 cm³/mol. The molecule has 8 nitrogen and oxygen atoms in total. The van der Waals surface area contributed by atoms with Gasteiger partial charge in [0.15, 0.2) is 5.78 Å². The van der Waals surface area contributed by atoms with E-state index in [1.807, 2.05) is 0 Å². The third-order valence-electron chi connectivity index (χ3n) is 5.48. The van der Waals surface area contributed by atoms with E-state index < -0.39 is 31.6 Å². The monoisotopic (exact) mass is 584 g/mol. The van der Waals surface area contributed by atoms with Gasteiger partial charge in [-0.3, -0.25) is 4.79 Å². The van der Waals surface area contributed by atoms with Crippen molar-refractivity contribution in [2.75, 3.05) is 5.32 Å². The second kappa shape index (κ2) is 13.1. The Morgan fingerprint density at radius 3 is 1.71 bits per heavy atom. The summed E-state index contributed by atoms with van der Waals surface area (Å²) in [4.78, 5) is 24.3. The summed E-state index contributed by atoms with van der Waals surface area (Å²) in [6.45, 7) is -0.0921. The molecule has 0 saturated carbocycles. The molecule has 4 aromatic carbocycles. The minimum atomic E-state index is -5.09.